The summed E-state index contributed by atoms with van der Waals surface area (Å²) in [6, 6.07) is 10.4. The van der Waals surface area contributed by atoms with Gasteiger partial charge in [-0.25, -0.2) is 4.79 Å². The summed E-state index contributed by atoms with van der Waals surface area (Å²) in [5.74, 6) is 1.02. The molecule has 2 N–H and O–H groups in total. The van der Waals surface area contributed by atoms with Gasteiger partial charge in [-0.1, -0.05) is 6.07 Å². The summed E-state index contributed by atoms with van der Waals surface area (Å²) in [5.41, 5.74) is 3.19. The number of ether oxygens (including phenoxy) is 1. The Morgan fingerprint density at radius 1 is 1.21 bits per heavy atom. The second kappa shape index (κ2) is 6.47. The predicted molar refractivity (Wildman–Crippen MR) is 106 cm³/mol. The quantitative estimate of drug-likeness (QED) is 0.580. The molecule has 7 heteroatoms. The highest BCUT2D eigenvalue weighted by Gasteiger charge is 2.54. The molecule has 1 aliphatic heterocycles. The van der Waals surface area contributed by atoms with Crippen LogP contribution in [-0.2, 0) is 0 Å². The molecule has 3 aliphatic rings. The Kier molecular flexibility index (Phi) is 4.01. The number of nitrogens with zero attached hydrogens (tertiary/aromatic N) is 1. The maximum absolute atomic E-state index is 11.5. The summed E-state index contributed by atoms with van der Waals surface area (Å²) in [5, 5.41) is 24.5. The number of nitro groups is 1. The third-order valence-electron chi connectivity index (χ3n) is 7.09. The second-order valence-corrected chi connectivity index (χ2v) is 8.35. The fourth-order valence-electron chi connectivity index (χ4n) is 5.99. The van der Waals surface area contributed by atoms with Gasteiger partial charge in [0, 0.05) is 11.8 Å². The Morgan fingerprint density at radius 3 is 2.72 bits per heavy atom. The van der Waals surface area contributed by atoms with Gasteiger partial charge in [-0.2, -0.15) is 0 Å². The number of rotatable bonds is 4. The minimum absolute atomic E-state index is 0.0291. The minimum Gasteiger partial charge on any atom is -0.490 e. The zero-order valence-corrected chi connectivity index (χ0v) is 16.0. The topological polar surface area (TPSA) is 102 Å². The third kappa shape index (κ3) is 2.68. The SMILES string of the molecule is COc1ccc([C@@H]2Nc3ccc(C(=O)O)cc3[C@@H]3[C@H]4CC[C@@H](C4)[C@H]32)cc1[N+](=O)[O-]. The highest BCUT2D eigenvalue weighted by molar-refractivity contribution is 5.88. The van der Waals surface area contributed by atoms with Crippen molar-refractivity contribution in [3.8, 4) is 5.75 Å². The van der Waals surface area contributed by atoms with Gasteiger partial charge in [-0.3, -0.25) is 10.1 Å². The molecule has 150 valence electrons. The lowest BCUT2D eigenvalue weighted by atomic mass is 9.68. The van der Waals surface area contributed by atoms with E-state index in [0.29, 0.717) is 23.3 Å². The monoisotopic (exact) mass is 394 g/mol. The zero-order valence-electron chi connectivity index (χ0n) is 16.0. The molecule has 2 aromatic carbocycles. The van der Waals surface area contributed by atoms with E-state index >= 15 is 0 Å². The highest BCUT2D eigenvalue weighted by Crippen LogP contribution is 2.63. The van der Waals surface area contributed by atoms with E-state index in [-0.39, 0.29) is 23.4 Å². The lowest BCUT2D eigenvalue weighted by Crippen LogP contribution is -2.35. The van der Waals surface area contributed by atoms with Crippen LogP contribution in [0.5, 0.6) is 5.75 Å². The number of nitro benzene ring substituents is 1. The van der Waals surface area contributed by atoms with Crippen molar-refractivity contribution in [1.29, 1.82) is 0 Å². The number of anilines is 1. The molecule has 0 aromatic heterocycles. The number of nitrogens with one attached hydrogen (secondary N) is 1. The lowest BCUT2D eigenvalue weighted by molar-refractivity contribution is -0.385. The second-order valence-electron chi connectivity index (χ2n) is 8.35. The molecule has 0 saturated heterocycles. The van der Waals surface area contributed by atoms with Crippen LogP contribution in [0.3, 0.4) is 0 Å². The summed E-state index contributed by atoms with van der Waals surface area (Å²) in [6.45, 7) is 0. The zero-order chi connectivity index (χ0) is 20.3. The molecule has 2 bridgehead atoms. The van der Waals surface area contributed by atoms with E-state index in [9.17, 15) is 20.0 Å². The van der Waals surface area contributed by atoms with Crippen LogP contribution in [0.1, 0.15) is 52.7 Å². The van der Waals surface area contributed by atoms with Gasteiger partial charge in [0.05, 0.1) is 23.6 Å². The van der Waals surface area contributed by atoms with Gasteiger partial charge in [-0.15, -0.1) is 0 Å². The molecule has 2 saturated carbocycles. The van der Waals surface area contributed by atoms with Gasteiger partial charge in [-0.05, 0) is 78.3 Å². The standard InChI is InChI=1S/C22H22N2O5/c1-29-18-7-5-13(10-17(18)24(27)28)21-20-12-3-2-11(8-12)19(20)15-9-14(22(25)26)4-6-16(15)23-21/h4-7,9-12,19-21,23H,2-3,8H2,1H3,(H,25,26)/t11-,12-,19-,20+,21-/m0/s1. The van der Waals surface area contributed by atoms with Gasteiger partial charge < -0.3 is 15.2 Å². The van der Waals surface area contributed by atoms with Crippen molar-refractivity contribution in [2.75, 3.05) is 12.4 Å². The summed E-state index contributed by atoms with van der Waals surface area (Å²) < 4.78 is 5.16. The molecule has 29 heavy (non-hydrogen) atoms. The van der Waals surface area contributed by atoms with Gasteiger partial charge in [0.1, 0.15) is 0 Å². The molecule has 2 aliphatic carbocycles. The van der Waals surface area contributed by atoms with E-state index in [1.54, 1.807) is 18.2 Å². The van der Waals surface area contributed by atoms with E-state index in [4.69, 9.17) is 4.74 Å². The van der Waals surface area contributed by atoms with E-state index in [2.05, 4.69) is 5.32 Å². The van der Waals surface area contributed by atoms with Crippen molar-refractivity contribution in [3.63, 3.8) is 0 Å². The Bertz CT molecular complexity index is 1020. The number of methoxy groups -OCH3 is 1. The number of hydrogen-bond acceptors (Lipinski definition) is 5. The summed E-state index contributed by atoms with van der Waals surface area (Å²) in [6.07, 6.45) is 3.47. The van der Waals surface area contributed by atoms with Crippen LogP contribution in [0.15, 0.2) is 36.4 Å². The van der Waals surface area contributed by atoms with Crippen molar-refractivity contribution >= 4 is 17.3 Å². The number of fused-ring (bicyclic) bond motifs is 7. The average molecular weight is 394 g/mol. The van der Waals surface area contributed by atoms with Gasteiger partial charge >= 0.3 is 11.7 Å². The van der Waals surface area contributed by atoms with E-state index in [1.807, 2.05) is 18.2 Å². The van der Waals surface area contributed by atoms with Crippen LogP contribution in [0.2, 0.25) is 0 Å². The Balaban J connectivity index is 1.61. The molecule has 0 spiro atoms. The first-order valence-electron chi connectivity index (χ1n) is 9.94. The van der Waals surface area contributed by atoms with Gasteiger partial charge in [0.25, 0.3) is 0 Å². The fourth-order valence-corrected chi connectivity index (χ4v) is 5.99. The van der Waals surface area contributed by atoms with Crippen molar-refractivity contribution in [1.82, 2.24) is 0 Å². The molecular formula is C22H22N2O5. The number of carboxylic acid groups (broad SMARTS) is 1. The highest BCUT2D eigenvalue weighted by atomic mass is 16.6. The van der Waals surface area contributed by atoms with Crippen molar-refractivity contribution in [2.45, 2.75) is 31.2 Å². The van der Waals surface area contributed by atoms with Crippen molar-refractivity contribution in [2.24, 2.45) is 17.8 Å². The number of carboxylic acids is 1. The molecule has 5 rings (SSSR count). The van der Waals surface area contributed by atoms with Crippen LogP contribution in [0.25, 0.3) is 0 Å². The van der Waals surface area contributed by atoms with Gasteiger partial charge in [0.15, 0.2) is 5.75 Å². The number of benzene rings is 2. The van der Waals surface area contributed by atoms with Crippen LogP contribution in [-0.4, -0.2) is 23.1 Å². The normalized spacial score (nSPS) is 28.9. The van der Waals surface area contributed by atoms with E-state index in [1.165, 1.54) is 7.11 Å². The molecular weight excluding hydrogens is 372 g/mol. The summed E-state index contributed by atoms with van der Waals surface area (Å²) >= 11 is 0. The molecule has 1 heterocycles. The lowest BCUT2D eigenvalue weighted by Gasteiger charge is -2.43. The van der Waals surface area contributed by atoms with Crippen LogP contribution < -0.4 is 10.1 Å². The fraction of sp³-hybridized carbons (Fsp3) is 0.409. The first-order chi connectivity index (χ1) is 14.0. The largest absolute Gasteiger partial charge is 0.490 e. The third-order valence-corrected chi connectivity index (χ3v) is 7.09. The van der Waals surface area contributed by atoms with Crippen LogP contribution in [0, 0.1) is 27.9 Å². The van der Waals surface area contributed by atoms with Crippen molar-refractivity contribution < 1.29 is 19.6 Å². The van der Waals surface area contributed by atoms with Crippen LogP contribution >= 0.6 is 0 Å². The first-order valence-corrected chi connectivity index (χ1v) is 9.94. The molecule has 0 radical (unpaired) electrons. The molecule has 5 atom stereocenters. The maximum Gasteiger partial charge on any atom is 0.335 e. The Morgan fingerprint density at radius 2 is 2.00 bits per heavy atom. The predicted octanol–water partition coefficient (Wildman–Crippen LogP) is 4.60. The number of aromatic carboxylic acids is 1. The summed E-state index contributed by atoms with van der Waals surface area (Å²) in [7, 11) is 1.43. The molecule has 0 amide bonds. The maximum atomic E-state index is 11.5. The Hall–Kier alpha value is -3.09. The molecule has 2 fully saturated rings. The molecule has 2 aromatic rings. The van der Waals surface area contributed by atoms with Gasteiger partial charge in [0.2, 0.25) is 0 Å². The average Bonchev–Trinajstić information content (AvgIpc) is 3.34. The van der Waals surface area contributed by atoms with E-state index in [0.717, 1.165) is 36.1 Å². The van der Waals surface area contributed by atoms with Crippen LogP contribution in [0.4, 0.5) is 11.4 Å². The Labute approximate surface area is 167 Å². The van der Waals surface area contributed by atoms with Crippen molar-refractivity contribution in [3.05, 3.63) is 63.2 Å². The first kappa shape index (κ1) is 18.0. The smallest absolute Gasteiger partial charge is 0.335 e. The van der Waals surface area contributed by atoms with E-state index < -0.39 is 10.9 Å². The molecule has 0 unspecified atom stereocenters. The number of hydrogen-bond donors (Lipinski definition) is 2. The number of carbonyl (C=O) groups is 1. The summed E-state index contributed by atoms with van der Waals surface area (Å²) in [4.78, 5) is 22.6. The molecule has 7 nitrogen and oxygen atoms in total. The minimum atomic E-state index is -0.916.